The van der Waals surface area contributed by atoms with Crippen LogP contribution in [0.1, 0.15) is 42.6 Å². The predicted octanol–water partition coefficient (Wildman–Crippen LogP) is 1.47. The van der Waals surface area contributed by atoms with E-state index in [1.165, 1.54) is 19.7 Å². The topological polar surface area (TPSA) is 99.1 Å². The van der Waals surface area contributed by atoms with Gasteiger partial charge in [-0.1, -0.05) is 26.0 Å². The van der Waals surface area contributed by atoms with E-state index in [1.54, 1.807) is 6.92 Å². The van der Waals surface area contributed by atoms with E-state index in [0.717, 1.165) is 14.8 Å². The van der Waals surface area contributed by atoms with E-state index in [-0.39, 0.29) is 11.4 Å². The third kappa shape index (κ3) is 3.50. The summed E-state index contributed by atoms with van der Waals surface area (Å²) in [5, 5.41) is 3.07. The first kappa shape index (κ1) is 18.5. The summed E-state index contributed by atoms with van der Waals surface area (Å²) in [6, 6.07) is 7.09. The molecule has 25 heavy (non-hydrogen) atoms. The number of nitrogens with zero attached hydrogens (tertiary/aromatic N) is 2. The van der Waals surface area contributed by atoms with Crippen LogP contribution in [0.4, 0.5) is 11.5 Å². The van der Waals surface area contributed by atoms with Gasteiger partial charge < -0.3 is 11.1 Å². The van der Waals surface area contributed by atoms with Crippen molar-refractivity contribution in [2.45, 2.75) is 32.7 Å². The summed E-state index contributed by atoms with van der Waals surface area (Å²) in [4.78, 5) is 36.9. The Hall–Kier alpha value is -2.83. The van der Waals surface area contributed by atoms with Crippen LogP contribution in [0.3, 0.4) is 0 Å². The molecule has 1 heterocycles. The van der Waals surface area contributed by atoms with Crippen LogP contribution >= 0.6 is 0 Å². The molecule has 0 saturated heterocycles. The maximum absolute atomic E-state index is 12.7. The molecule has 3 N–H and O–H groups in total. The summed E-state index contributed by atoms with van der Waals surface area (Å²) >= 11 is 0. The molecule has 0 bridgehead atoms. The molecule has 0 aliphatic carbocycles. The van der Waals surface area contributed by atoms with Gasteiger partial charge in [0.2, 0.25) is 0 Å². The predicted molar refractivity (Wildman–Crippen MR) is 99.3 cm³/mol. The lowest BCUT2D eigenvalue weighted by atomic mass is 10.0. The second-order valence-electron chi connectivity index (χ2n) is 6.47. The van der Waals surface area contributed by atoms with E-state index < -0.39 is 23.1 Å². The van der Waals surface area contributed by atoms with Crippen LogP contribution in [0.25, 0.3) is 0 Å². The fourth-order valence-electron chi connectivity index (χ4n) is 2.59. The minimum absolute atomic E-state index is 0.123. The van der Waals surface area contributed by atoms with Gasteiger partial charge >= 0.3 is 5.69 Å². The summed E-state index contributed by atoms with van der Waals surface area (Å²) in [7, 11) is 2.75. The normalized spacial score (nSPS) is 12.2. The molecule has 0 radical (unpaired) electrons. The van der Waals surface area contributed by atoms with Crippen LogP contribution < -0.4 is 22.3 Å². The molecule has 0 saturated carbocycles. The largest absolute Gasteiger partial charge is 0.384 e. The van der Waals surface area contributed by atoms with Gasteiger partial charge in [0.05, 0.1) is 6.04 Å². The van der Waals surface area contributed by atoms with Gasteiger partial charge in [-0.25, -0.2) is 4.79 Å². The number of hydrogen-bond donors (Lipinski definition) is 2. The smallest absolute Gasteiger partial charge is 0.332 e. The van der Waals surface area contributed by atoms with E-state index in [1.807, 2.05) is 24.3 Å². The summed E-state index contributed by atoms with van der Waals surface area (Å²) in [6.45, 7) is 5.86. The molecule has 0 fully saturated rings. The Kier molecular flexibility index (Phi) is 5.15. The van der Waals surface area contributed by atoms with E-state index >= 15 is 0 Å². The SMILES string of the molecule is CC(Nc1ccc(C(C)C)cc1)C(=O)c1c(N)n(C)c(=O)n(C)c1=O. The van der Waals surface area contributed by atoms with Gasteiger partial charge in [0.1, 0.15) is 11.4 Å². The second-order valence-corrected chi connectivity index (χ2v) is 6.47. The van der Waals surface area contributed by atoms with E-state index in [0.29, 0.717) is 5.92 Å². The van der Waals surface area contributed by atoms with Crippen LogP contribution in [-0.2, 0) is 14.1 Å². The minimum Gasteiger partial charge on any atom is -0.384 e. The number of carbonyl (C=O) groups excluding carboxylic acids is 1. The van der Waals surface area contributed by atoms with Gasteiger partial charge in [-0.15, -0.1) is 0 Å². The third-order valence-corrected chi connectivity index (χ3v) is 4.31. The number of nitrogens with one attached hydrogen (secondary N) is 1. The Balaban J connectivity index is 2.32. The number of benzene rings is 1. The first-order chi connectivity index (χ1) is 11.6. The molecule has 2 rings (SSSR count). The number of ketones is 1. The lowest BCUT2D eigenvalue weighted by Crippen LogP contribution is -2.43. The lowest BCUT2D eigenvalue weighted by Gasteiger charge is -2.17. The van der Waals surface area contributed by atoms with Gasteiger partial charge in [-0.2, -0.15) is 0 Å². The van der Waals surface area contributed by atoms with Crippen molar-refractivity contribution in [3.05, 3.63) is 56.2 Å². The number of carbonyl (C=O) groups is 1. The molecule has 134 valence electrons. The first-order valence-corrected chi connectivity index (χ1v) is 8.11. The molecule has 1 unspecified atom stereocenters. The van der Waals surface area contributed by atoms with E-state index in [4.69, 9.17) is 5.73 Å². The van der Waals surface area contributed by atoms with Gasteiger partial charge in [-0.05, 0) is 30.5 Å². The van der Waals surface area contributed by atoms with Gasteiger partial charge in [0.15, 0.2) is 5.78 Å². The zero-order valence-corrected chi connectivity index (χ0v) is 15.2. The minimum atomic E-state index is -0.686. The molecular formula is C18H24N4O3. The number of nitrogens with two attached hydrogens (primary N) is 1. The van der Waals surface area contributed by atoms with Crippen LogP contribution in [0, 0.1) is 0 Å². The Morgan fingerprint density at radius 2 is 1.60 bits per heavy atom. The fourth-order valence-corrected chi connectivity index (χ4v) is 2.59. The number of hydrogen-bond acceptors (Lipinski definition) is 5. The van der Waals surface area contributed by atoms with Crippen LogP contribution in [0.2, 0.25) is 0 Å². The quantitative estimate of drug-likeness (QED) is 0.800. The van der Waals surface area contributed by atoms with E-state index in [2.05, 4.69) is 19.2 Å². The number of Topliss-reactive ketones (excluding diaryl/α,β-unsaturated/α-hetero) is 1. The Bertz CT molecular complexity index is 908. The van der Waals surface area contributed by atoms with Crippen molar-refractivity contribution in [3.63, 3.8) is 0 Å². The van der Waals surface area contributed by atoms with Crippen molar-refractivity contribution in [2.75, 3.05) is 11.1 Å². The molecule has 2 aromatic rings. The van der Waals surface area contributed by atoms with Crippen LogP contribution in [0.15, 0.2) is 33.9 Å². The third-order valence-electron chi connectivity index (χ3n) is 4.31. The highest BCUT2D eigenvalue weighted by Crippen LogP contribution is 2.18. The summed E-state index contributed by atoms with van der Waals surface area (Å²) < 4.78 is 1.98. The molecule has 7 heteroatoms. The highest BCUT2D eigenvalue weighted by atomic mass is 16.2. The molecule has 0 aliphatic rings. The Labute approximate surface area is 146 Å². The maximum Gasteiger partial charge on any atom is 0.332 e. The highest BCUT2D eigenvalue weighted by Gasteiger charge is 2.24. The van der Waals surface area contributed by atoms with Crippen molar-refractivity contribution < 1.29 is 4.79 Å². The summed E-state index contributed by atoms with van der Waals surface area (Å²) in [5.74, 6) is -0.162. The molecule has 1 aromatic carbocycles. The van der Waals surface area contributed by atoms with Crippen molar-refractivity contribution >= 4 is 17.3 Å². The van der Waals surface area contributed by atoms with Crippen molar-refractivity contribution in [3.8, 4) is 0 Å². The molecule has 1 aromatic heterocycles. The highest BCUT2D eigenvalue weighted by molar-refractivity contribution is 6.04. The van der Waals surface area contributed by atoms with Crippen LogP contribution in [0.5, 0.6) is 0 Å². The van der Waals surface area contributed by atoms with Crippen molar-refractivity contribution in [1.29, 1.82) is 0 Å². The first-order valence-electron chi connectivity index (χ1n) is 8.11. The fraction of sp³-hybridized carbons (Fsp3) is 0.389. The van der Waals surface area contributed by atoms with Gasteiger partial charge in [0, 0.05) is 19.8 Å². The standard InChI is InChI=1S/C18H24N4O3/c1-10(2)12-6-8-13(9-7-12)20-11(3)15(23)14-16(19)21(4)18(25)22(5)17(14)24/h6-11,20H,19H2,1-5H3. The zero-order chi connectivity index (χ0) is 18.9. The average Bonchev–Trinajstić information content (AvgIpc) is 2.58. The van der Waals surface area contributed by atoms with E-state index in [9.17, 15) is 14.4 Å². The molecule has 0 aliphatic heterocycles. The van der Waals surface area contributed by atoms with Crippen molar-refractivity contribution in [2.24, 2.45) is 14.1 Å². The number of aromatic nitrogens is 2. The summed E-state index contributed by atoms with van der Waals surface area (Å²) in [6.07, 6.45) is 0. The molecule has 0 amide bonds. The lowest BCUT2D eigenvalue weighted by molar-refractivity contribution is 0.0973. The number of anilines is 2. The zero-order valence-electron chi connectivity index (χ0n) is 15.2. The Morgan fingerprint density at radius 1 is 1.04 bits per heavy atom. The van der Waals surface area contributed by atoms with Gasteiger partial charge in [0.25, 0.3) is 5.56 Å². The van der Waals surface area contributed by atoms with Crippen LogP contribution in [-0.4, -0.2) is 21.0 Å². The molecule has 1 atom stereocenters. The van der Waals surface area contributed by atoms with Gasteiger partial charge in [-0.3, -0.25) is 18.7 Å². The molecular weight excluding hydrogens is 320 g/mol. The molecule has 7 nitrogen and oxygen atoms in total. The average molecular weight is 344 g/mol. The summed E-state index contributed by atoms with van der Waals surface area (Å²) in [5.41, 5.74) is 6.37. The number of rotatable bonds is 5. The Morgan fingerprint density at radius 3 is 2.12 bits per heavy atom. The maximum atomic E-state index is 12.7. The number of nitrogen functional groups attached to an aromatic ring is 1. The molecule has 0 spiro atoms. The van der Waals surface area contributed by atoms with Crippen molar-refractivity contribution in [1.82, 2.24) is 9.13 Å². The second kappa shape index (κ2) is 6.96. The monoisotopic (exact) mass is 344 g/mol.